The van der Waals surface area contributed by atoms with Crippen LogP contribution in [0.3, 0.4) is 0 Å². The molecule has 1 aromatic heterocycles. The number of piperazine rings is 1. The Hall–Kier alpha value is -3.09. The van der Waals surface area contributed by atoms with Gasteiger partial charge in [-0.15, -0.1) is 10.2 Å². The van der Waals surface area contributed by atoms with Gasteiger partial charge in [0.1, 0.15) is 16.6 Å². The van der Waals surface area contributed by atoms with Crippen LogP contribution in [-0.2, 0) is 30.3 Å². The van der Waals surface area contributed by atoms with Gasteiger partial charge in [-0.2, -0.15) is 0 Å². The molecule has 0 aliphatic carbocycles. The van der Waals surface area contributed by atoms with Crippen LogP contribution in [0, 0.1) is 11.6 Å². The summed E-state index contributed by atoms with van der Waals surface area (Å²) >= 11 is 1.04. The molecule has 2 aromatic rings. The number of carbonyl (C=O) groups is 3. The van der Waals surface area contributed by atoms with Crippen molar-refractivity contribution in [1.82, 2.24) is 20.0 Å². The van der Waals surface area contributed by atoms with Gasteiger partial charge in [0, 0.05) is 32.3 Å². The van der Waals surface area contributed by atoms with Crippen LogP contribution < -0.4 is 0 Å². The maximum Gasteiger partial charge on any atom is 0.254 e. The van der Waals surface area contributed by atoms with Crippen molar-refractivity contribution in [2.45, 2.75) is 24.5 Å². The molecule has 3 aliphatic heterocycles. The molecule has 0 N–H and O–H groups in total. The highest BCUT2D eigenvalue weighted by Crippen LogP contribution is 2.35. The summed E-state index contributed by atoms with van der Waals surface area (Å²) in [5.41, 5.74) is 0.265. The molecule has 4 heterocycles. The zero-order chi connectivity index (χ0) is 24.0. The lowest BCUT2D eigenvalue weighted by molar-refractivity contribution is -0.155. The molecule has 34 heavy (non-hydrogen) atoms. The van der Waals surface area contributed by atoms with Crippen LogP contribution in [0.15, 0.2) is 24.4 Å². The van der Waals surface area contributed by atoms with Crippen LogP contribution in [0.2, 0.25) is 0 Å². The lowest BCUT2D eigenvalue weighted by Crippen LogP contribution is -2.69. The Bertz CT molecular complexity index is 1200. The van der Waals surface area contributed by atoms with E-state index in [0.717, 1.165) is 23.5 Å². The SMILES string of the molecule is COCCN1C(=O)C2C(=O)C(=O)C(c3nnc(Cc4ccc(F)cc4F)s3)=CN2[C@@H]2COC[C@@H]21. The van der Waals surface area contributed by atoms with E-state index in [0.29, 0.717) is 31.4 Å². The Morgan fingerprint density at radius 3 is 2.74 bits per heavy atom. The first kappa shape index (κ1) is 22.7. The number of aromatic nitrogens is 2. The highest BCUT2D eigenvalue weighted by atomic mass is 32.1. The normalized spacial score (nSPS) is 24.4. The first-order chi connectivity index (χ1) is 16.4. The number of rotatable bonds is 6. The topological polar surface area (TPSA) is 102 Å². The molecule has 5 rings (SSSR count). The van der Waals surface area contributed by atoms with Crippen molar-refractivity contribution in [2.75, 3.05) is 33.5 Å². The number of halogens is 2. The smallest absolute Gasteiger partial charge is 0.254 e. The molecule has 0 spiro atoms. The van der Waals surface area contributed by atoms with E-state index in [-0.39, 0.29) is 34.6 Å². The van der Waals surface area contributed by atoms with Crippen molar-refractivity contribution in [3.63, 3.8) is 0 Å². The van der Waals surface area contributed by atoms with Gasteiger partial charge >= 0.3 is 0 Å². The number of methoxy groups -OCH3 is 1. The molecule has 1 aromatic carbocycles. The predicted octanol–water partition coefficient (Wildman–Crippen LogP) is 0.826. The minimum absolute atomic E-state index is 0.0355. The molecule has 2 saturated heterocycles. The maximum atomic E-state index is 14.0. The third-order valence-corrected chi connectivity index (χ3v) is 7.16. The van der Waals surface area contributed by atoms with E-state index >= 15 is 0 Å². The molecule has 1 unspecified atom stereocenters. The lowest BCUT2D eigenvalue weighted by Gasteiger charge is -2.48. The van der Waals surface area contributed by atoms with Crippen molar-refractivity contribution in [2.24, 2.45) is 0 Å². The van der Waals surface area contributed by atoms with Crippen LogP contribution in [0.5, 0.6) is 0 Å². The van der Waals surface area contributed by atoms with Crippen molar-refractivity contribution >= 4 is 34.4 Å². The Balaban J connectivity index is 1.44. The van der Waals surface area contributed by atoms with Gasteiger partial charge < -0.3 is 19.3 Å². The van der Waals surface area contributed by atoms with Crippen LogP contribution >= 0.6 is 11.3 Å². The second-order valence-electron chi connectivity index (χ2n) is 8.20. The zero-order valence-electron chi connectivity index (χ0n) is 18.1. The number of hydrogen-bond acceptors (Lipinski definition) is 9. The monoisotopic (exact) mass is 490 g/mol. The highest BCUT2D eigenvalue weighted by Gasteiger charge is 2.54. The summed E-state index contributed by atoms with van der Waals surface area (Å²) in [7, 11) is 1.52. The molecule has 178 valence electrons. The Morgan fingerprint density at radius 2 is 1.97 bits per heavy atom. The predicted molar refractivity (Wildman–Crippen MR) is 115 cm³/mol. The second-order valence-corrected chi connectivity index (χ2v) is 9.26. The summed E-state index contributed by atoms with van der Waals surface area (Å²) in [6.07, 6.45) is 1.55. The number of benzene rings is 1. The summed E-state index contributed by atoms with van der Waals surface area (Å²) in [5, 5.41) is 8.63. The fraction of sp³-hybridized carbons (Fsp3) is 0.409. The van der Waals surface area contributed by atoms with Gasteiger partial charge in [0.15, 0.2) is 11.0 Å². The van der Waals surface area contributed by atoms with E-state index < -0.39 is 35.1 Å². The van der Waals surface area contributed by atoms with Gasteiger partial charge in [-0.25, -0.2) is 8.78 Å². The molecule has 9 nitrogen and oxygen atoms in total. The van der Waals surface area contributed by atoms with Gasteiger partial charge in [-0.3, -0.25) is 14.4 Å². The largest absolute Gasteiger partial charge is 0.383 e. The fourth-order valence-electron chi connectivity index (χ4n) is 4.52. The number of nitrogens with zero attached hydrogens (tertiary/aromatic N) is 4. The third kappa shape index (κ3) is 3.81. The molecule has 1 amide bonds. The van der Waals surface area contributed by atoms with E-state index in [4.69, 9.17) is 9.47 Å². The van der Waals surface area contributed by atoms with Crippen molar-refractivity contribution in [3.05, 3.63) is 51.6 Å². The number of hydrogen-bond donors (Lipinski definition) is 0. The molecule has 3 aliphatic rings. The van der Waals surface area contributed by atoms with E-state index in [1.807, 2.05) is 0 Å². The minimum Gasteiger partial charge on any atom is -0.383 e. The van der Waals surface area contributed by atoms with E-state index in [1.165, 1.54) is 19.4 Å². The number of carbonyl (C=O) groups excluding carboxylic acids is 3. The molecular weight excluding hydrogens is 470 g/mol. The standard InChI is InChI=1S/C22H20F2N4O5S/c1-32-5-4-27-15-9-33-10-16(15)28-8-13(19(29)20(30)18(28)22(27)31)21-26-25-17(34-21)6-11-2-3-12(23)7-14(11)24/h2-3,7-8,15-16,18H,4-6,9-10H2,1H3/t15-,16+,18?/m0/s1. The van der Waals surface area contributed by atoms with Crippen molar-refractivity contribution < 1.29 is 32.6 Å². The average molecular weight is 490 g/mol. The fourth-order valence-corrected chi connectivity index (χ4v) is 5.39. The van der Waals surface area contributed by atoms with Gasteiger partial charge in [-0.1, -0.05) is 17.4 Å². The molecule has 2 fully saturated rings. The van der Waals surface area contributed by atoms with Crippen LogP contribution in [-0.4, -0.2) is 89.1 Å². The number of fused-ring (bicyclic) bond motifs is 3. The molecule has 0 radical (unpaired) electrons. The average Bonchev–Trinajstić information content (AvgIpc) is 3.47. The van der Waals surface area contributed by atoms with E-state index in [2.05, 4.69) is 10.2 Å². The highest BCUT2D eigenvalue weighted by molar-refractivity contribution is 7.13. The Morgan fingerprint density at radius 1 is 1.18 bits per heavy atom. The molecule has 0 bridgehead atoms. The van der Waals surface area contributed by atoms with Gasteiger partial charge in [0.05, 0.1) is 37.5 Å². The second kappa shape index (κ2) is 8.93. The van der Waals surface area contributed by atoms with Gasteiger partial charge in [0.25, 0.3) is 5.91 Å². The summed E-state index contributed by atoms with van der Waals surface area (Å²) in [5.74, 6) is -3.51. The number of allylic oxidation sites excluding steroid dienone is 1. The van der Waals surface area contributed by atoms with Crippen LogP contribution in [0.25, 0.3) is 5.57 Å². The van der Waals surface area contributed by atoms with Crippen molar-refractivity contribution in [3.8, 4) is 0 Å². The number of amides is 1. The molecular formula is C22H20F2N4O5S. The molecule has 3 atom stereocenters. The van der Waals surface area contributed by atoms with Crippen LogP contribution in [0.1, 0.15) is 15.6 Å². The molecule has 12 heteroatoms. The summed E-state index contributed by atoms with van der Waals surface area (Å²) in [6, 6.07) is 1.43. The zero-order valence-corrected chi connectivity index (χ0v) is 18.9. The summed E-state index contributed by atoms with van der Waals surface area (Å²) < 4.78 is 37.9. The Kier molecular flexibility index (Phi) is 5.96. The Labute approximate surface area is 197 Å². The molecule has 0 saturated carbocycles. The summed E-state index contributed by atoms with van der Waals surface area (Å²) in [6.45, 7) is 1.21. The lowest BCUT2D eigenvalue weighted by atomic mass is 9.90. The van der Waals surface area contributed by atoms with E-state index in [1.54, 1.807) is 9.80 Å². The van der Waals surface area contributed by atoms with Gasteiger partial charge in [0.2, 0.25) is 11.6 Å². The van der Waals surface area contributed by atoms with Crippen LogP contribution in [0.4, 0.5) is 8.78 Å². The minimum atomic E-state index is -1.25. The number of ether oxygens (including phenoxy) is 2. The third-order valence-electron chi connectivity index (χ3n) is 6.21. The maximum absolute atomic E-state index is 14.0. The first-order valence-electron chi connectivity index (χ1n) is 10.6. The van der Waals surface area contributed by atoms with Crippen molar-refractivity contribution in [1.29, 1.82) is 0 Å². The number of Topliss-reactive ketones (excluding diaryl/α,β-unsaturated/α-hetero) is 2. The van der Waals surface area contributed by atoms with E-state index in [9.17, 15) is 23.2 Å². The number of ketones is 2. The quantitative estimate of drug-likeness (QED) is 0.434. The first-order valence-corrected chi connectivity index (χ1v) is 11.4. The van der Waals surface area contributed by atoms with Gasteiger partial charge in [-0.05, 0) is 11.6 Å². The summed E-state index contributed by atoms with van der Waals surface area (Å²) in [4.78, 5) is 42.3.